The van der Waals surface area contributed by atoms with Crippen LogP contribution in [0.5, 0.6) is 0 Å². The summed E-state index contributed by atoms with van der Waals surface area (Å²) in [5.74, 6) is 0.961. The molecule has 9 heteroatoms. The van der Waals surface area contributed by atoms with Gasteiger partial charge in [-0.3, -0.25) is 23.5 Å². The fraction of sp³-hybridized carbons (Fsp3) is 0.500. The van der Waals surface area contributed by atoms with Crippen LogP contribution in [0.2, 0.25) is 0 Å². The minimum Gasteiger partial charge on any atom is -0.354 e. The van der Waals surface area contributed by atoms with Gasteiger partial charge in [-0.05, 0) is 19.8 Å². The number of aryl methyl sites for hydroxylation is 1. The van der Waals surface area contributed by atoms with Crippen LogP contribution in [0.4, 0.5) is 0 Å². The number of aromatic nitrogens is 4. The lowest BCUT2D eigenvalue weighted by molar-refractivity contribution is -0.121. The van der Waals surface area contributed by atoms with Crippen molar-refractivity contribution in [2.24, 2.45) is 0 Å². The van der Waals surface area contributed by atoms with Crippen molar-refractivity contribution in [3.8, 4) is 0 Å². The number of hydrogen-bond acceptors (Lipinski definition) is 6. The summed E-state index contributed by atoms with van der Waals surface area (Å²) in [4.78, 5) is 45.2. The second-order valence-electron chi connectivity index (χ2n) is 7.03. The van der Waals surface area contributed by atoms with Crippen LogP contribution in [0, 0.1) is 6.92 Å². The first kappa shape index (κ1) is 18.0. The van der Waals surface area contributed by atoms with Gasteiger partial charge in [-0.1, -0.05) is 11.8 Å². The van der Waals surface area contributed by atoms with Gasteiger partial charge in [0.2, 0.25) is 5.91 Å². The van der Waals surface area contributed by atoms with Gasteiger partial charge in [0.15, 0.2) is 5.16 Å². The number of amides is 1. The van der Waals surface area contributed by atoms with Gasteiger partial charge in [-0.25, -0.2) is 9.97 Å². The van der Waals surface area contributed by atoms with Crippen LogP contribution in [-0.2, 0) is 11.3 Å². The van der Waals surface area contributed by atoms with Crippen LogP contribution in [0.15, 0.2) is 33.2 Å². The van der Waals surface area contributed by atoms with Gasteiger partial charge < -0.3 is 5.32 Å². The molecular weight excluding hydrogens is 366 g/mol. The highest BCUT2D eigenvalue weighted by Gasteiger charge is 2.27. The molecule has 1 N–H and O–H groups in total. The van der Waals surface area contributed by atoms with E-state index in [4.69, 9.17) is 0 Å². The van der Waals surface area contributed by atoms with Crippen molar-refractivity contribution in [1.29, 1.82) is 0 Å². The topological polar surface area (TPSA) is 98.9 Å². The SMILES string of the molecule is Cc1cc(=O)n2c(n1)SCC2CC(=O)NCCn1cnc(C2CC2)cc1=O. The molecule has 0 radical (unpaired) electrons. The lowest BCUT2D eigenvalue weighted by Gasteiger charge is -2.13. The van der Waals surface area contributed by atoms with E-state index >= 15 is 0 Å². The third kappa shape index (κ3) is 3.97. The van der Waals surface area contributed by atoms with Crippen LogP contribution in [-0.4, -0.2) is 37.3 Å². The van der Waals surface area contributed by atoms with E-state index in [9.17, 15) is 14.4 Å². The smallest absolute Gasteiger partial charge is 0.254 e. The molecular formula is C18H21N5O3S. The van der Waals surface area contributed by atoms with E-state index in [0.717, 1.165) is 18.5 Å². The molecule has 8 nitrogen and oxygen atoms in total. The lowest BCUT2D eigenvalue weighted by Crippen LogP contribution is -2.33. The summed E-state index contributed by atoms with van der Waals surface area (Å²) in [7, 11) is 0. The van der Waals surface area contributed by atoms with E-state index in [-0.39, 0.29) is 29.5 Å². The van der Waals surface area contributed by atoms with Crippen molar-refractivity contribution < 1.29 is 4.79 Å². The normalized spacial score (nSPS) is 18.3. The van der Waals surface area contributed by atoms with Gasteiger partial charge >= 0.3 is 0 Å². The number of carbonyl (C=O) groups is 1. The van der Waals surface area contributed by atoms with Gasteiger partial charge in [0.25, 0.3) is 11.1 Å². The number of hydrogen-bond donors (Lipinski definition) is 1. The van der Waals surface area contributed by atoms with E-state index in [1.807, 2.05) is 0 Å². The number of nitrogens with one attached hydrogen (secondary N) is 1. The Balaban J connectivity index is 1.31. The first-order valence-electron chi connectivity index (χ1n) is 9.07. The van der Waals surface area contributed by atoms with E-state index < -0.39 is 0 Å². The molecule has 2 aromatic rings. The highest BCUT2D eigenvalue weighted by atomic mass is 32.2. The van der Waals surface area contributed by atoms with Crippen LogP contribution in [0.1, 0.15) is 42.6 Å². The monoisotopic (exact) mass is 387 g/mol. The van der Waals surface area contributed by atoms with E-state index in [0.29, 0.717) is 35.6 Å². The quantitative estimate of drug-likeness (QED) is 0.738. The largest absolute Gasteiger partial charge is 0.354 e. The second-order valence-corrected chi connectivity index (χ2v) is 8.01. The molecule has 2 aromatic heterocycles. The van der Waals surface area contributed by atoms with Gasteiger partial charge in [-0.15, -0.1) is 0 Å². The number of carbonyl (C=O) groups excluding carboxylic acids is 1. The Kier molecular flexibility index (Phi) is 4.86. The Morgan fingerprint density at radius 1 is 1.30 bits per heavy atom. The zero-order valence-electron chi connectivity index (χ0n) is 15.1. The van der Waals surface area contributed by atoms with Crippen LogP contribution in [0.3, 0.4) is 0 Å². The van der Waals surface area contributed by atoms with Gasteiger partial charge in [-0.2, -0.15) is 0 Å². The Hall–Kier alpha value is -2.42. The highest BCUT2D eigenvalue weighted by Crippen LogP contribution is 2.38. The van der Waals surface area contributed by atoms with Crippen LogP contribution >= 0.6 is 11.8 Å². The minimum absolute atomic E-state index is 0.0877. The zero-order chi connectivity index (χ0) is 19.0. The summed E-state index contributed by atoms with van der Waals surface area (Å²) in [5.41, 5.74) is 1.35. The minimum atomic E-state index is -0.187. The molecule has 0 spiro atoms. The molecule has 1 aliphatic heterocycles. The number of rotatable bonds is 6. The van der Waals surface area contributed by atoms with Gasteiger partial charge in [0.1, 0.15) is 0 Å². The maximum absolute atomic E-state index is 12.3. The average Bonchev–Trinajstić information content (AvgIpc) is 3.38. The molecule has 1 saturated carbocycles. The first-order chi connectivity index (χ1) is 13.0. The van der Waals surface area contributed by atoms with Crippen molar-refractivity contribution in [2.45, 2.75) is 49.8 Å². The molecule has 1 amide bonds. The molecule has 0 saturated heterocycles. The fourth-order valence-electron chi connectivity index (χ4n) is 3.23. The highest BCUT2D eigenvalue weighted by molar-refractivity contribution is 7.99. The molecule has 142 valence electrons. The molecule has 3 heterocycles. The average molecular weight is 387 g/mol. The van der Waals surface area contributed by atoms with E-state index in [2.05, 4.69) is 15.3 Å². The van der Waals surface area contributed by atoms with Gasteiger partial charge in [0.05, 0.1) is 18.1 Å². The van der Waals surface area contributed by atoms with Gasteiger partial charge in [0, 0.05) is 49.0 Å². The maximum atomic E-state index is 12.3. The van der Waals surface area contributed by atoms with Crippen molar-refractivity contribution in [1.82, 2.24) is 24.4 Å². The number of fused-ring (bicyclic) bond motifs is 1. The number of thioether (sulfide) groups is 1. The zero-order valence-corrected chi connectivity index (χ0v) is 15.9. The second kappa shape index (κ2) is 7.30. The van der Waals surface area contributed by atoms with Crippen molar-refractivity contribution in [2.75, 3.05) is 12.3 Å². The Bertz CT molecular complexity index is 995. The number of nitrogens with zero attached hydrogens (tertiary/aromatic N) is 4. The fourth-order valence-corrected chi connectivity index (χ4v) is 4.42. The summed E-state index contributed by atoms with van der Waals surface area (Å²) in [6.07, 6.45) is 3.98. The van der Waals surface area contributed by atoms with Crippen molar-refractivity contribution in [3.05, 3.63) is 50.6 Å². The van der Waals surface area contributed by atoms with Crippen LogP contribution in [0.25, 0.3) is 0 Å². The predicted molar refractivity (Wildman–Crippen MR) is 101 cm³/mol. The third-order valence-electron chi connectivity index (χ3n) is 4.81. The third-order valence-corrected chi connectivity index (χ3v) is 5.91. The first-order valence-corrected chi connectivity index (χ1v) is 10.1. The van der Waals surface area contributed by atoms with Crippen molar-refractivity contribution in [3.63, 3.8) is 0 Å². The molecule has 27 heavy (non-hydrogen) atoms. The lowest BCUT2D eigenvalue weighted by atomic mass is 10.2. The summed E-state index contributed by atoms with van der Waals surface area (Å²) < 4.78 is 3.10. The predicted octanol–water partition coefficient (Wildman–Crippen LogP) is 0.839. The molecule has 1 unspecified atom stereocenters. The molecule has 1 atom stereocenters. The summed E-state index contributed by atoms with van der Waals surface area (Å²) in [6, 6.07) is 2.89. The molecule has 2 aliphatic rings. The summed E-state index contributed by atoms with van der Waals surface area (Å²) in [6.45, 7) is 2.51. The van der Waals surface area contributed by atoms with Crippen molar-refractivity contribution >= 4 is 17.7 Å². The molecule has 4 rings (SSSR count). The molecule has 1 aliphatic carbocycles. The molecule has 0 aromatic carbocycles. The standard InChI is InChI=1S/C18H21N5O3S/c1-11-6-17(26)23-13(9-27-18(23)21-11)7-15(24)19-4-5-22-10-20-14(8-16(22)25)12-2-3-12/h6,8,10,12-13H,2-5,7,9H2,1H3,(H,19,24). The summed E-state index contributed by atoms with van der Waals surface area (Å²) in [5, 5.41) is 3.50. The molecule has 1 fully saturated rings. The Morgan fingerprint density at radius 3 is 2.85 bits per heavy atom. The Labute approximate surface area is 160 Å². The van der Waals surface area contributed by atoms with Crippen LogP contribution < -0.4 is 16.4 Å². The van der Waals surface area contributed by atoms with E-state index in [1.54, 1.807) is 23.9 Å². The Morgan fingerprint density at radius 2 is 2.11 bits per heavy atom. The maximum Gasteiger partial charge on any atom is 0.254 e. The summed E-state index contributed by atoms with van der Waals surface area (Å²) >= 11 is 1.50. The molecule has 0 bridgehead atoms. The van der Waals surface area contributed by atoms with E-state index in [1.165, 1.54) is 22.4 Å².